The van der Waals surface area contributed by atoms with E-state index in [1.54, 1.807) is 18.9 Å². The molecule has 0 aliphatic carbocycles. The molecule has 0 unspecified atom stereocenters. The molecule has 0 bridgehead atoms. The molecule has 1 aromatic heterocycles. The largest absolute Gasteiger partial charge is 0.496 e. The minimum atomic E-state index is 0.797. The molecule has 0 N–H and O–H groups in total. The van der Waals surface area contributed by atoms with Crippen LogP contribution in [0.4, 0.5) is 0 Å². The first-order chi connectivity index (χ1) is 14.3. The van der Waals surface area contributed by atoms with Gasteiger partial charge >= 0.3 is 0 Å². The number of thioether (sulfide) groups is 1. The van der Waals surface area contributed by atoms with Gasteiger partial charge in [0.1, 0.15) is 11.6 Å². The van der Waals surface area contributed by atoms with Gasteiger partial charge in [-0.25, -0.2) is 0 Å². The maximum absolute atomic E-state index is 5.50. The molecule has 1 saturated heterocycles. The molecule has 6 heteroatoms. The van der Waals surface area contributed by atoms with Crippen molar-refractivity contribution in [1.29, 1.82) is 0 Å². The molecule has 29 heavy (non-hydrogen) atoms. The minimum absolute atomic E-state index is 0.797. The maximum atomic E-state index is 5.50. The Kier molecular flexibility index (Phi) is 6.85. The molecule has 5 nitrogen and oxygen atoms in total. The van der Waals surface area contributed by atoms with E-state index >= 15 is 0 Å². The average molecular weight is 409 g/mol. The first-order valence-electron chi connectivity index (χ1n) is 10.3. The highest BCUT2D eigenvalue weighted by molar-refractivity contribution is 7.98. The van der Waals surface area contributed by atoms with Crippen LogP contribution in [0.25, 0.3) is 0 Å². The van der Waals surface area contributed by atoms with Gasteiger partial charge in [0.15, 0.2) is 5.16 Å². The predicted octanol–water partition coefficient (Wildman–Crippen LogP) is 4.61. The Morgan fingerprint density at radius 3 is 2.45 bits per heavy atom. The molecule has 152 valence electrons. The van der Waals surface area contributed by atoms with Crippen molar-refractivity contribution in [2.24, 2.45) is 0 Å². The first-order valence-corrected chi connectivity index (χ1v) is 11.2. The molecule has 0 amide bonds. The second-order valence-corrected chi connectivity index (χ2v) is 8.35. The highest BCUT2D eigenvalue weighted by Crippen LogP contribution is 2.28. The van der Waals surface area contributed by atoms with Crippen LogP contribution in [-0.2, 0) is 18.8 Å². The zero-order valence-corrected chi connectivity index (χ0v) is 17.8. The molecule has 0 radical (unpaired) electrons. The van der Waals surface area contributed by atoms with E-state index in [0.29, 0.717) is 0 Å². The van der Waals surface area contributed by atoms with Crippen LogP contribution in [0.1, 0.15) is 36.2 Å². The normalized spacial score (nSPS) is 14.8. The fourth-order valence-electron chi connectivity index (χ4n) is 3.75. The minimum Gasteiger partial charge on any atom is -0.496 e. The summed E-state index contributed by atoms with van der Waals surface area (Å²) in [5.41, 5.74) is 2.44. The fraction of sp³-hybridized carbons (Fsp3) is 0.391. The highest BCUT2D eigenvalue weighted by atomic mass is 32.2. The number of hydrogen-bond donors (Lipinski definition) is 0. The van der Waals surface area contributed by atoms with Gasteiger partial charge in [0.25, 0.3) is 0 Å². The van der Waals surface area contributed by atoms with Crippen LogP contribution < -0.4 is 4.74 Å². The van der Waals surface area contributed by atoms with E-state index in [1.165, 1.54) is 30.4 Å². The number of benzene rings is 2. The zero-order chi connectivity index (χ0) is 19.9. The molecule has 1 aliphatic heterocycles. The van der Waals surface area contributed by atoms with Crippen molar-refractivity contribution < 1.29 is 4.74 Å². The maximum Gasteiger partial charge on any atom is 0.191 e. The number of likely N-dealkylation sites (tertiary alicyclic amines) is 1. The molecule has 2 heterocycles. The predicted molar refractivity (Wildman–Crippen MR) is 117 cm³/mol. The Balaban J connectivity index is 1.55. The Labute approximate surface area is 177 Å². The van der Waals surface area contributed by atoms with Crippen LogP contribution in [0.5, 0.6) is 5.75 Å². The lowest BCUT2D eigenvalue weighted by molar-refractivity contribution is 0.213. The Bertz CT molecular complexity index is 906. The number of rotatable bonds is 8. The number of para-hydroxylation sites is 1. The summed E-state index contributed by atoms with van der Waals surface area (Å²) < 4.78 is 7.78. The van der Waals surface area contributed by atoms with Crippen molar-refractivity contribution in [2.75, 3.05) is 20.2 Å². The third-order valence-corrected chi connectivity index (χ3v) is 6.36. The van der Waals surface area contributed by atoms with E-state index in [2.05, 4.69) is 62.1 Å². The smallest absolute Gasteiger partial charge is 0.191 e. The van der Waals surface area contributed by atoms with Gasteiger partial charge in [0.2, 0.25) is 0 Å². The molecular formula is C23H28N4OS. The molecule has 4 rings (SSSR count). The van der Waals surface area contributed by atoms with Gasteiger partial charge in [-0.2, -0.15) is 0 Å². The lowest BCUT2D eigenvalue weighted by Crippen LogP contribution is -2.30. The van der Waals surface area contributed by atoms with Crippen molar-refractivity contribution in [3.63, 3.8) is 0 Å². The summed E-state index contributed by atoms with van der Waals surface area (Å²) in [6.45, 7) is 3.98. The van der Waals surface area contributed by atoms with Crippen LogP contribution in [-0.4, -0.2) is 39.9 Å². The molecule has 3 aromatic rings. The van der Waals surface area contributed by atoms with Crippen LogP contribution in [0, 0.1) is 0 Å². The Morgan fingerprint density at radius 1 is 0.897 bits per heavy atom. The van der Waals surface area contributed by atoms with Crippen LogP contribution >= 0.6 is 11.8 Å². The van der Waals surface area contributed by atoms with E-state index in [4.69, 9.17) is 4.74 Å². The lowest BCUT2D eigenvalue weighted by Gasteiger charge is -2.26. The summed E-state index contributed by atoms with van der Waals surface area (Å²) in [4.78, 5) is 2.50. The monoisotopic (exact) mass is 408 g/mol. The highest BCUT2D eigenvalue weighted by Gasteiger charge is 2.18. The fourth-order valence-corrected chi connectivity index (χ4v) is 4.70. The number of nitrogens with zero attached hydrogens (tertiary/aromatic N) is 4. The van der Waals surface area contributed by atoms with E-state index in [9.17, 15) is 0 Å². The molecule has 1 fully saturated rings. The second kappa shape index (κ2) is 9.94. The van der Waals surface area contributed by atoms with E-state index in [-0.39, 0.29) is 0 Å². The number of ether oxygens (including phenoxy) is 1. The van der Waals surface area contributed by atoms with Crippen molar-refractivity contribution >= 4 is 11.8 Å². The van der Waals surface area contributed by atoms with Crippen LogP contribution in [0.2, 0.25) is 0 Å². The number of hydrogen-bond acceptors (Lipinski definition) is 5. The molecule has 0 spiro atoms. The second-order valence-electron chi connectivity index (χ2n) is 7.41. The van der Waals surface area contributed by atoms with Gasteiger partial charge < -0.3 is 9.30 Å². The molecular weight excluding hydrogens is 380 g/mol. The van der Waals surface area contributed by atoms with Crippen molar-refractivity contribution in [3.8, 4) is 5.75 Å². The van der Waals surface area contributed by atoms with E-state index in [1.807, 2.05) is 12.1 Å². The van der Waals surface area contributed by atoms with Gasteiger partial charge in [-0.05, 0) is 37.6 Å². The summed E-state index contributed by atoms with van der Waals surface area (Å²) >= 11 is 1.72. The van der Waals surface area contributed by atoms with Gasteiger partial charge in [0.05, 0.1) is 20.2 Å². The van der Waals surface area contributed by atoms with Gasteiger partial charge in [-0.15, -0.1) is 10.2 Å². The number of methoxy groups -OCH3 is 1. The van der Waals surface area contributed by atoms with Crippen molar-refractivity contribution in [1.82, 2.24) is 19.7 Å². The Hall–Kier alpha value is -2.31. The molecule has 1 aliphatic rings. The van der Waals surface area contributed by atoms with Crippen molar-refractivity contribution in [2.45, 2.75) is 43.3 Å². The average Bonchev–Trinajstić information content (AvgIpc) is 3.15. The number of piperidine rings is 1. The Morgan fingerprint density at radius 2 is 1.66 bits per heavy atom. The summed E-state index contributed by atoms with van der Waals surface area (Å²) in [5, 5.41) is 10.1. The zero-order valence-electron chi connectivity index (χ0n) is 17.0. The van der Waals surface area contributed by atoms with Crippen molar-refractivity contribution in [3.05, 3.63) is 71.5 Å². The third-order valence-electron chi connectivity index (χ3n) is 5.34. The summed E-state index contributed by atoms with van der Waals surface area (Å²) in [7, 11) is 1.72. The topological polar surface area (TPSA) is 43.2 Å². The first kappa shape index (κ1) is 20.0. The molecule has 0 atom stereocenters. The van der Waals surface area contributed by atoms with E-state index < -0.39 is 0 Å². The summed E-state index contributed by atoms with van der Waals surface area (Å²) in [5.74, 6) is 2.78. The van der Waals surface area contributed by atoms with Crippen LogP contribution in [0.3, 0.4) is 0 Å². The van der Waals surface area contributed by atoms with Crippen LogP contribution in [0.15, 0.2) is 59.8 Å². The summed E-state index contributed by atoms with van der Waals surface area (Å²) in [6.07, 6.45) is 3.90. The summed E-state index contributed by atoms with van der Waals surface area (Å²) in [6, 6.07) is 18.7. The number of aromatic nitrogens is 3. The standard InChI is InChI=1S/C23H28N4OS/c1-28-21-13-7-6-12-20(21)18-29-23-25-24-22(17-26-14-8-3-9-15-26)27(23)16-19-10-4-2-5-11-19/h2,4-7,10-13H,3,8-9,14-18H2,1H3. The molecule has 2 aromatic carbocycles. The molecule has 0 saturated carbocycles. The van der Waals surface area contributed by atoms with E-state index in [0.717, 1.165) is 48.7 Å². The SMILES string of the molecule is COc1ccccc1CSc1nnc(CN2CCCCC2)n1Cc1ccccc1. The van der Waals surface area contributed by atoms with Gasteiger partial charge in [-0.1, -0.05) is 66.7 Å². The quantitative estimate of drug-likeness (QED) is 0.509. The lowest BCUT2D eigenvalue weighted by atomic mass is 10.1. The third kappa shape index (κ3) is 5.19. The van der Waals surface area contributed by atoms with Gasteiger partial charge in [0, 0.05) is 11.3 Å². The van der Waals surface area contributed by atoms with Gasteiger partial charge in [-0.3, -0.25) is 4.90 Å².